The molecular formula is C22H23ClF2N2O4S. The average molecular weight is 485 g/mol. The van der Waals surface area contributed by atoms with Crippen LogP contribution in [0.2, 0.25) is 5.02 Å². The second-order valence-electron chi connectivity index (χ2n) is 8.06. The Morgan fingerprint density at radius 3 is 2.56 bits per heavy atom. The van der Waals surface area contributed by atoms with Gasteiger partial charge in [0.25, 0.3) is 0 Å². The first-order valence-electron chi connectivity index (χ1n) is 10.4. The molecule has 0 saturated heterocycles. The second-order valence-corrected chi connectivity index (χ2v) is 10.7. The van der Waals surface area contributed by atoms with Gasteiger partial charge in [-0.2, -0.15) is 0 Å². The first kappa shape index (κ1) is 22.8. The van der Waals surface area contributed by atoms with Crippen molar-refractivity contribution in [2.24, 2.45) is 5.92 Å². The predicted molar refractivity (Wildman–Crippen MR) is 116 cm³/mol. The van der Waals surface area contributed by atoms with Gasteiger partial charge in [-0.1, -0.05) is 11.6 Å². The summed E-state index contributed by atoms with van der Waals surface area (Å²) in [6.45, 7) is 2.11. The van der Waals surface area contributed by atoms with Gasteiger partial charge in [0.15, 0.2) is 21.4 Å². The molecule has 1 saturated carbocycles. The third-order valence-corrected chi connectivity index (χ3v) is 9.12. The minimum absolute atomic E-state index is 0.00354. The van der Waals surface area contributed by atoms with Gasteiger partial charge in [-0.05, 0) is 62.6 Å². The number of ether oxygens (including phenoxy) is 1. The summed E-state index contributed by atoms with van der Waals surface area (Å²) < 4.78 is 61.6. The number of hydrogen-bond donors (Lipinski definition) is 2. The molecule has 172 valence electrons. The summed E-state index contributed by atoms with van der Waals surface area (Å²) >= 11 is 5.93. The lowest BCUT2D eigenvalue weighted by Gasteiger charge is -2.49. The fourth-order valence-corrected chi connectivity index (χ4v) is 7.36. The van der Waals surface area contributed by atoms with Crippen LogP contribution in [0, 0.1) is 17.6 Å². The van der Waals surface area contributed by atoms with Gasteiger partial charge in [0.1, 0.15) is 10.6 Å². The molecule has 1 heterocycles. The summed E-state index contributed by atoms with van der Waals surface area (Å²) in [4.78, 5) is 12.0. The summed E-state index contributed by atoms with van der Waals surface area (Å²) in [7, 11) is -4.19. The lowest BCUT2D eigenvalue weighted by molar-refractivity contribution is 0.109. The van der Waals surface area contributed by atoms with E-state index in [1.165, 1.54) is 24.3 Å². The Hall–Kier alpha value is -2.39. The van der Waals surface area contributed by atoms with Gasteiger partial charge in [-0.15, -0.1) is 0 Å². The van der Waals surface area contributed by atoms with Crippen LogP contribution >= 0.6 is 11.6 Å². The maximum Gasteiger partial charge on any atom is 0.314 e. The van der Waals surface area contributed by atoms with Crippen molar-refractivity contribution < 1.29 is 26.7 Å². The molecule has 0 bridgehead atoms. The smallest absolute Gasteiger partial charge is 0.314 e. The topological polar surface area (TPSA) is 84.5 Å². The number of carbonyl (C=O) groups is 1. The van der Waals surface area contributed by atoms with E-state index >= 15 is 4.39 Å². The van der Waals surface area contributed by atoms with Gasteiger partial charge in [0, 0.05) is 23.5 Å². The molecule has 1 aliphatic carbocycles. The molecule has 10 heteroatoms. The SMILES string of the molecule is CCNC(=O)N[C@@H]1CC[C@@]2(S(=O)(=O)c3ccc(Cl)cc3)c3c(F)ccc(F)c3OC[C@H]2C1. The monoisotopic (exact) mass is 484 g/mol. The van der Waals surface area contributed by atoms with Crippen LogP contribution < -0.4 is 15.4 Å². The van der Waals surface area contributed by atoms with E-state index in [-0.39, 0.29) is 54.2 Å². The number of urea groups is 1. The Morgan fingerprint density at radius 1 is 1.19 bits per heavy atom. The summed E-state index contributed by atoms with van der Waals surface area (Å²) in [6.07, 6.45) is 0.506. The van der Waals surface area contributed by atoms with Gasteiger partial charge in [0.05, 0.1) is 17.1 Å². The maximum atomic E-state index is 15.2. The van der Waals surface area contributed by atoms with Crippen LogP contribution in [-0.2, 0) is 14.6 Å². The maximum absolute atomic E-state index is 15.2. The second kappa shape index (κ2) is 8.51. The van der Waals surface area contributed by atoms with Crippen molar-refractivity contribution in [3.05, 3.63) is 58.6 Å². The number of nitrogens with one attached hydrogen (secondary N) is 2. The molecule has 2 aliphatic rings. The molecule has 2 amide bonds. The highest BCUT2D eigenvalue weighted by atomic mass is 35.5. The molecule has 3 atom stereocenters. The quantitative estimate of drug-likeness (QED) is 0.682. The number of amides is 2. The van der Waals surface area contributed by atoms with Crippen molar-refractivity contribution in [2.75, 3.05) is 13.2 Å². The molecule has 6 nitrogen and oxygen atoms in total. The Balaban J connectivity index is 1.84. The number of benzene rings is 2. The van der Waals surface area contributed by atoms with Crippen molar-refractivity contribution in [3.63, 3.8) is 0 Å². The summed E-state index contributed by atoms with van der Waals surface area (Å²) in [5.41, 5.74) is -0.278. The van der Waals surface area contributed by atoms with E-state index in [4.69, 9.17) is 16.3 Å². The standard InChI is InChI=1S/C22H23ClF2N2O4S/c1-2-26-21(28)27-15-9-10-22(32(29,30)16-5-3-14(23)4-6-16)13(11-15)12-31-20-18(25)8-7-17(24)19(20)22/h3-8,13,15H,2,9-12H2,1H3,(H2,26,27,28)/t13-,15-,22+/m1/s1. The van der Waals surface area contributed by atoms with E-state index in [1.807, 2.05) is 0 Å². The van der Waals surface area contributed by atoms with Crippen molar-refractivity contribution in [1.82, 2.24) is 10.6 Å². The molecule has 0 aromatic heterocycles. The zero-order valence-corrected chi connectivity index (χ0v) is 18.9. The van der Waals surface area contributed by atoms with Gasteiger partial charge in [-0.25, -0.2) is 22.0 Å². The van der Waals surface area contributed by atoms with Crippen LogP contribution in [0.4, 0.5) is 13.6 Å². The summed E-state index contributed by atoms with van der Waals surface area (Å²) in [5.74, 6) is -2.71. The minimum Gasteiger partial charge on any atom is -0.490 e. The van der Waals surface area contributed by atoms with E-state index in [1.54, 1.807) is 6.92 Å². The Morgan fingerprint density at radius 2 is 1.88 bits per heavy atom. The van der Waals surface area contributed by atoms with E-state index in [0.29, 0.717) is 11.6 Å². The lowest BCUT2D eigenvalue weighted by atomic mass is 9.71. The van der Waals surface area contributed by atoms with E-state index < -0.39 is 32.1 Å². The van der Waals surface area contributed by atoms with E-state index in [0.717, 1.165) is 12.1 Å². The van der Waals surface area contributed by atoms with Crippen molar-refractivity contribution in [1.29, 1.82) is 0 Å². The third-order valence-electron chi connectivity index (χ3n) is 6.28. The molecule has 2 N–H and O–H groups in total. The zero-order valence-electron chi connectivity index (χ0n) is 17.3. The first-order valence-corrected chi connectivity index (χ1v) is 12.2. The Kier molecular flexibility index (Phi) is 6.06. The molecule has 0 radical (unpaired) electrons. The molecule has 1 fully saturated rings. The van der Waals surface area contributed by atoms with E-state index in [2.05, 4.69) is 10.6 Å². The fraction of sp³-hybridized carbons (Fsp3) is 0.409. The van der Waals surface area contributed by atoms with Crippen LogP contribution in [0.25, 0.3) is 0 Å². The zero-order chi connectivity index (χ0) is 23.1. The number of halogens is 3. The van der Waals surface area contributed by atoms with E-state index in [9.17, 15) is 17.6 Å². The van der Waals surface area contributed by atoms with Gasteiger partial charge in [-0.3, -0.25) is 0 Å². The number of hydrogen-bond acceptors (Lipinski definition) is 4. The molecule has 0 unspecified atom stereocenters. The molecule has 2 aromatic rings. The number of sulfone groups is 1. The minimum atomic E-state index is -4.19. The fourth-order valence-electron chi connectivity index (χ4n) is 4.87. The third kappa shape index (κ3) is 3.61. The first-order chi connectivity index (χ1) is 15.2. The number of carbonyl (C=O) groups excluding carboxylic acids is 1. The molecule has 1 aliphatic heterocycles. The normalized spacial score (nSPS) is 24.6. The van der Waals surface area contributed by atoms with Crippen molar-refractivity contribution in [3.8, 4) is 5.75 Å². The molecular weight excluding hydrogens is 462 g/mol. The van der Waals surface area contributed by atoms with Crippen LogP contribution in [-0.4, -0.2) is 33.6 Å². The molecule has 32 heavy (non-hydrogen) atoms. The van der Waals surface area contributed by atoms with Crippen LogP contribution in [0.3, 0.4) is 0 Å². The summed E-state index contributed by atoms with van der Waals surface area (Å²) in [5, 5.41) is 5.84. The predicted octanol–water partition coefficient (Wildman–Crippen LogP) is 4.17. The van der Waals surface area contributed by atoms with Gasteiger partial charge >= 0.3 is 6.03 Å². The largest absolute Gasteiger partial charge is 0.490 e. The Bertz CT molecular complexity index is 1140. The number of fused-ring (bicyclic) bond motifs is 3. The highest BCUT2D eigenvalue weighted by Crippen LogP contribution is 2.56. The van der Waals surface area contributed by atoms with Crippen molar-refractivity contribution >= 4 is 27.5 Å². The highest BCUT2D eigenvalue weighted by molar-refractivity contribution is 7.92. The molecule has 4 rings (SSSR count). The van der Waals surface area contributed by atoms with Crippen LogP contribution in [0.15, 0.2) is 41.3 Å². The molecule has 2 aromatic carbocycles. The lowest BCUT2D eigenvalue weighted by Crippen LogP contribution is -2.56. The van der Waals surface area contributed by atoms with Gasteiger partial charge < -0.3 is 15.4 Å². The number of rotatable bonds is 4. The van der Waals surface area contributed by atoms with Crippen LogP contribution in [0.1, 0.15) is 31.7 Å². The molecule has 0 spiro atoms. The summed E-state index contributed by atoms with van der Waals surface area (Å²) in [6, 6.07) is 6.80. The average Bonchev–Trinajstić information content (AvgIpc) is 2.76. The van der Waals surface area contributed by atoms with Gasteiger partial charge in [0.2, 0.25) is 0 Å². The van der Waals surface area contributed by atoms with Crippen molar-refractivity contribution in [2.45, 2.75) is 41.9 Å². The Labute approximate surface area is 190 Å². The van der Waals surface area contributed by atoms with Crippen LogP contribution in [0.5, 0.6) is 5.75 Å². The highest BCUT2D eigenvalue weighted by Gasteiger charge is 2.59.